The zero-order chi connectivity index (χ0) is 37.8. The fourth-order valence-corrected chi connectivity index (χ4v) is 7.75. The van der Waals surface area contributed by atoms with Crippen molar-refractivity contribution in [3.63, 3.8) is 0 Å². The van der Waals surface area contributed by atoms with Crippen LogP contribution in [0.5, 0.6) is 0 Å². The smallest absolute Gasteiger partial charge is 0.0546 e. The molecule has 0 aliphatic heterocycles. The molecule has 0 amide bonds. The van der Waals surface area contributed by atoms with Crippen molar-refractivity contribution in [2.45, 2.75) is 66.2 Å². The van der Waals surface area contributed by atoms with Gasteiger partial charge in [0.25, 0.3) is 0 Å². The third-order valence-corrected chi connectivity index (χ3v) is 10.9. The maximum absolute atomic E-state index is 2.44. The lowest BCUT2D eigenvalue weighted by Crippen LogP contribution is -2.14. The number of fused-ring (bicyclic) bond motifs is 5. The van der Waals surface area contributed by atoms with Gasteiger partial charge in [-0.1, -0.05) is 150 Å². The van der Waals surface area contributed by atoms with E-state index in [-0.39, 0.29) is 10.8 Å². The van der Waals surface area contributed by atoms with E-state index in [9.17, 15) is 0 Å². The van der Waals surface area contributed by atoms with Gasteiger partial charge in [0, 0.05) is 33.5 Å². The lowest BCUT2D eigenvalue weighted by Gasteiger charge is -2.30. The van der Waals surface area contributed by atoms with E-state index in [0.717, 1.165) is 34.1 Å². The standard InChI is InChI=1S/C52H50N2/c1-35-17-25-39(26-18-35)53(41-29-21-37(22-30-41)51(3,4)5)49-33-47-44-14-10-12-16-46(44)50(34-48(47)43-13-9-11-15-45(43)49)54(40-27-19-36(2)20-28-40)42-31-23-38(24-32-42)52(6,7)8/h9-34H,1-8H3. The van der Waals surface area contributed by atoms with Crippen LogP contribution in [0.2, 0.25) is 0 Å². The highest BCUT2D eigenvalue weighted by atomic mass is 15.1. The number of hydrogen-bond donors (Lipinski definition) is 0. The molecule has 0 radical (unpaired) electrons. The Morgan fingerprint density at radius 2 is 0.593 bits per heavy atom. The first kappa shape index (κ1) is 35.2. The maximum atomic E-state index is 2.44. The number of benzene rings is 8. The second kappa shape index (κ2) is 13.5. The fraction of sp³-hybridized carbons (Fsp3) is 0.192. The fourth-order valence-electron chi connectivity index (χ4n) is 7.75. The Balaban J connectivity index is 1.42. The molecule has 0 N–H and O–H groups in total. The first-order valence-corrected chi connectivity index (χ1v) is 19.2. The van der Waals surface area contributed by atoms with Gasteiger partial charge in [0.1, 0.15) is 0 Å². The van der Waals surface area contributed by atoms with Crippen LogP contribution in [-0.2, 0) is 10.8 Å². The molecule has 0 fully saturated rings. The van der Waals surface area contributed by atoms with E-state index < -0.39 is 0 Å². The summed E-state index contributed by atoms with van der Waals surface area (Å²) in [5.74, 6) is 0. The van der Waals surface area contributed by atoms with E-state index in [1.54, 1.807) is 0 Å². The molecule has 0 aromatic heterocycles. The van der Waals surface area contributed by atoms with Crippen LogP contribution in [-0.4, -0.2) is 0 Å². The highest BCUT2D eigenvalue weighted by Crippen LogP contribution is 2.48. The lowest BCUT2D eigenvalue weighted by atomic mass is 9.87. The third-order valence-electron chi connectivity index (χ3n) is 10.9. The van der Waals surface area contributed by atoms with Gasteiger partial charge in [-0.2, -0.15) is 0 Å². The Morgan fingerprint density at radius 3 is 0.889 bits per heavy atom. The van der Waals surface area contributed by atoms with Gasteiger partial charge in [0.2, 0.25) is 0 Å². The Hall–Kier alpha value is -5.86. The van der Waals surface area contributed by atoms with Crippen LogP contribution in [0.15, 0.2) is 158 Å². The molecule has 0 heterocycles. The average Bonchev–Trinajstić information content (AvgIpc) is 3.16. The highest BCUT2D eigenvalue weighted by Gasteiger charge is 2.23. The topological polar surface area (TPSA) is 6.48 Å². The Morgan fingerprint density at radius 1 is 0.315 bits per heavy atom. The van der Waals surface area contributed by atoms with Gasteiger partial charge in [-0.05, 0) is 118 Å². The molecule has 0 saturated carbocycles. The summed E-state index contributed by atoms with van der Waals surface area (Å²) in [6.45, 7) is 18.0. The Labute approximate surface area is 321 Å². The summed E-state index contributed by atoms with van der Waals surface area (Å²) >= 11 is 0. The van der Waals surface area contributed by atoms with Crippen molar-refractivity contribution in [3.8, 4) is 0 Å². The molecule has 268 valence electrons. The van der Waals surface area contributed by atoms with Gasteiger partial charge < -0.3 is 9.80 Å². The van der Waals surface area contributed by atoms with Crippen molar-refractivity contribution < 1.29 is 0 Å². The van der Waals surface area contributed by atoms with E-state index in [2.05, 4.69) is 223 Å². The summed E-state index contributed by atoms with van der Waals surface area (Å²) in [6.07, 6.45) is 0. The van der Waals surface area contributed by atoms with Crippen molar-refractivity contribution in [3.05, 3.63) is 180 Å². The van der Waals surface area contributed by atoms with Crippen molar-refractivity contribution >= 4 is 66.4 Å². The monoisotopic (exact) mass is 702 g/mol. The van der Waals surface area contributed by atoms with E-state index >= 15 is 0 Å². The summed E-state index contributed by atoms with van der Waals surface area (Å²) in [7, 11) is 0. The molecule has 2 heteroatoms. The van der Waals surface area contributed by atoms with Crippen molar-refractivity contribution in [2.75, 3.05) is 9.80 Å². The Bertz CT molecular complexity index is 2410. The van der Waals surface area contributed by atoms with E-state index in [1.807, 2.05) is 0 Å². The molecule has 54 heavy (non-hydrogen) atoms. The van der Waals surface area contributed by atoms with Crippen LogP contribution in [0.3, 0.4) is 0 Å². The second-order valence-corrected chi connectivity index (χ2v) is 16.9. The predicted molar refractivity (Wildman–Crippen MR) is 235 cm³/mol. The van der Waals surface area contributed by atoms with Crippen LogP contribution < -0.4 is 9.80 Å². The van der Waals surface area contributed by atoms with Crippen LogP contribution in [0.1, 0.15) is 63.8 Å². The molecule has 8 aromatic carbocycles. The first-order chi connectivity index (χ1) is 25.9. The van der Waals surface area contributed by atoms with Gasteiger partial charge in [-0.15, -0.1) is 0 Å². The van der Waals surface area contributed by atoms with Gasteiger partial charge in [-0.25, -0.2) is 0 Å². The summed E-state index contributed by atoms with van der Waals surface area (Å²) in [5, 5.41) is 7.35. The largest absolute Gasteiger partial charge is 0.310 e. The number of aryl methyl sites for hydroxylation is 2. The molecule has 0 aliphatic rings. The Kier molecular flexibility index (Phi) is 8.81. The second-order valence-electron chi connectivity index (χ2n) is 16.9. The minimum Gasteiger partial charge on any atom is -0.310 e. The summed E-state index contributed by atoms with van der Waals surface area (Å²) < 4.78 is 0. The summed E-state index contributed by atoms with van der Waals surface area (Å²) in [5.41, 5.74) is 12.2. The quantitative estimate of drug-likeness (QED) is 0.159. The van der Waals surface area contributed by atoms with Crippen LogP contribution in [0, 0.1) is 13.8 Å². The number of nitrogens with zero attached hydrogens (tertiary/aromatic N) is 2. The molecule has 0 bridgehead atoms. The van der Waals surface area contributed by atoms with Gasteiger partial charge in [-0.3, -0.25) is 0 Å². The van der Waals surface area contributed by atoms with Gasteiger partial charge in [0.15, 0.2) is 0 Å². The molecular formula is C52H50N2. The van der Waals surface area contributed by atoms with Crippen LogP contribution in [0.4, 0.5) is 34.1 Å². The molecular weight excluding hydrogens is 653 g/mol. The van der Waals surface area contributed by atoms with Gasteiger partial charge >= 0.3 is 0 Å². The summed E-state index contributed by atoms with van der Waals surface area (Å²) in [6, 6.07) is 58.8. The van der Waals surface area contributed by atoms with Crippen LogP contribution >= 0.6 is 0 Å². The predicted octanol–water partition coefficient (Wildman–Crippen LogP) is 15.3. The lowest BCUT2D eigenvalue weighted by molar-refractivity contribution is 0.590. The zero-order valence-corrected chi connectivity index (χ0v) is 32.9. The van der Waals surface area contributed by atoms with Crippen molar-refractivity contribution in [1.29, 1.82) is 0 Å². The van der Waals surface area contributed by atoms with Crippen molar-refractivity contribution in [1.82, 2.24) is 0 Å². The molecule has 8 aromatic rings. The minimum atomic E-state index is 0.0700. The van der Waals surface area contributed by atoms with E-state index in [0.29, 0.717) is 0 Å². The third kappa shape index (κ3) is 6.51. The zero-order valence-electron chi connectivity index (χ0n) is 32.9. The highest BCUT2D eigenvalue weighted by molar-refractivity contribution is 6.24. The maximum Gasteiger partial charge on any atom is 0.0546 e. The van der Waals surface area contributed by atoms with E-state index in [1.165, 1.54) is 54.6 Å². The normalized spacial score (nSPS) is 12.1. The molecule has 0 atom stereocenters. The van der Waals surface area contributed by atoms with Crippen LogP contribution in [0.25, 0.3) is 32.3 Å². The molecule has 0 spiro atoms. The molecule has 0 saturated heterocycles. The summed E-state index contributed by atoms with van der Waals surface area (Å²) in [4.78, 5) is 4.87. The SMILES string of the molecule is Cc1ccc(N(c2ccc(C(C)(C)C)cc2)c2cc3c4ccccc4c(N(c4ccc(C)cc4)c4ccc(C(C)(C)C)cc4)cc3c3ccccc23)cc1. The molecule has 0 aliphatic carbocycles. The number of rotatable bonds is 6. The number of hydrogen-bond acceptors (Lipinski definition) is 2. The molecule has 0 unspecified atom stereocenters. The minimum absolute atomic E-state index is 0.0700. The number of anilines is 6. The van der Waals surface area contributed by atoms with E-state index in [4.69, 9.17) is 0 Å². The average molecular weight is 703 g/mol. The first-order valence-electron chi connectivity index (χ1n) is 19.2. The molecule has 2 nitrogen and oxygen atoms in total. The van der Waals surface area contributed by atoms with Crippen molar-refractivity contribution in [2.24, 2.45) is 0 Å². The molecule has 8 rings (SSSR count). The van der Waals surface area contributed by atoms with Gasteiger partial charge in [0.05, 0.1) is 11.4 Å².